The molecule has 1 aliphatic rings. The molecular weight excluding hydrogens is 277 g/mol. The molecule has 1 aliphatic carbocycles. The van der Waals surface area contributed by atoms with E-state index < -0.39 is 0 Å². The van der Waals surface area contributed by atoms with E-state index in [-0.39, 0.29) is 0 Å². The number of hydrogen-bond donors (Lipinski definition) is 1. The SMILES string of the molecule is CC1CCCC1Nc1ncnc(Cl)c1Br. The van der Waals surface area contributed by atoms with E-state index in [1.807, 2.05) is 0 Å². The first kappa shape index (κ1) is 11.1. The van der Waals surface area contributed by atoms with E-state index in [1.165, 1.54) is 25.6 Å². The predicted molar refractivity (Wildman–Crippen MR) is 65.2 cm³/mol. The van der Waals surface area contributed by atoms with Gasteiger partial charge < -0.3 is 5.32 Å². The molecule has 3 nitrogen and oxygen atoms in total. The molecule has 5 heteroatoms. The van der Waals surface area contributed by atoms with Crippen LogP contribution in [-0.2, 0) is 0 Å². The maximum atomic E-state index is 5.90. The molecule has 0 radical (unpaired) electrons. The van der Waals surface area contributed by atoms with Gasteiger partial charge in [0.15, 0.2) is 0 Å². The second-order valence-corrected chi connectivity index (χ2v) is 5.14. The van der Waals surface area contributed by atoms with Gasteiger partial charge in [-0.25, -0.2) is 9.97 Å². The molecule has 2 atom stereocenters. The molecule has 0 amide bonds. The molecule has 2 rings (SSSR count). The van der Waals surface area contributed by atoms with E-state index in [2.05, 4.69) is 38.1 Å². The summed E-state index contributed by atoms with van der Waals surface area (Å²) in [5, 5.41) is 3.87. The van der Waals surface area contributed by atoms with Crippen molar-refractivity contribution in [1.82, 2.24) is 9.97 Å². The largest absolute Gasteiger partial charge is 0.366 e. The molecule has 1 heterocycles. The zero-order chi connectivity index (χ0) is 10.8. The van der Waals surface area contributed by atoms with Crippen molar-refractivity contribution in [2.75, 3.05) is 5.32 Å². The van der Waals surface area contributed by atoms with Crippen molar-refractivity contribution in [3.63, 3.8) is 0 Å². The van der Waals surface area contributed by atoms with Crippen LogP contribution in [0.4, 0.5) is 5.82 Å². The molecule has 0 aromatic carbocycles. The van der Waals surface area contributed by atoms with Crippen LogP contribution in [0.15, 0.2) is 10.8 Å². The van der Waals surface area contributed by atoms with Gasteiger partial charge in [0.25, 0.3) is 0 Å². The highest BCUT2D eigenvalue weighted by Gasteiger charge is 2.24. The number of hydrogen-bond acceptors (Lipinski definition) is 3. The van der Waals surface area contributed by atoms with Crippen LogP contribution in [0.3, 0.4) is 0 Å². The van der Waals surface area contributed by atoms with Gasteiger partial charge in [-0.15, -0.1) is 0 Å². The fourth-order valence-electron chi connectivity index (χ4n) is 1.98. The Morgan fingerprint density at radius 2 is 2.27 bits per heavy atom. The summed E-state index contributed by atoms with van der Waals surface area (Å²) in [5.74, 6) is 1.50. The highest BCUT2D eigenvalue weighted by Crippen LogP contribution is 2.31. The van der Waals surface area contributed by atoms with Crippen LogP contribution >= 0.6 is 27.5 Å². The number of nitrogens with one attached hydrogen (secondary N) is 1. The third-order valence-corrected chi connectivity index (χ3v) is 4.20. The van der Waals surface area contributed by atoms with Crippen LogP contribution < -0.4 is 5.32 Å². The fraction of sp³-hybridized carbons (Fsp3) is 0.600. The fourth-order valence-corrected chi connectivity index (χ4v) is 2.44. The van der Waals surface area contributed by atoms with E-state index in [0.29, 0.717) is 17.1 Å². The monoisotopic (exact) mass is 289 g/mol. The number of nitrogens with zero attached hydrogens (tertiary/aromatic N) is 2. The van der Waals surface area contributed by atoms with Gasteiger partial charge in [-0.1, -0.05) is 24.9 Å². The summed E-state index contributed by atoms with van der Waals surface area (Å²) in [6, 6.07) is 0.507. The number of aromatic nitrogens is 2. The van der Waals surface area contributed by atoms with Crippen LogP contribution in [0.2, 0.25) is 5.15 Å². The molecule has 15 heavy (non-hydrogen) atoms. The zero-order valence-corrected chi connectivity index (χ0v) is 10.8. The Morgan fingerprint density at radius 3 is 2.93 bits per heavy atom. The van der Waals surface area contributed by atoms with E-state index in [9.17, 15) is 0 Å². The minimum Gasteiger partial charge on any atom is -0.366 e. The standard InChI is InChI=1S/C10H13BrClN3/c1-6-3-2-4-7(6)15-10-8(11)9(12)13-5-14-10/h5-7H,2-4H2,1H3,(H,13,14,15). The van der Waals surface area contributed by atoms with Crippen LogP contribution in [0.25, 0.3) is 0 Å². The Hall–Kier alpha value is -0.350. The average molecular weight is 291 g/mol. The van der Waals surface area contributed by atoms with Gasteiger partial charge in [-0.2, -0.15) is 0 Å². The van der Waals surface area contributed by atoms with Crippen LogP contribution in [-0.4, -0.2) is 16.0 Å². The molecule has 1 saturated carbocycles. The molecule has 2 unspecified atom stereocenters. The van der Waals surface area contributed by atoms with Gasteiger partial charge in [0.2, 0.25) is 0 Å². The summed E-state index contributed by atoms with van der Waals surface area (Å²) in [6.45, 7) is 2.27. The van der Waals surface area contributed by atoms with E-state index in [4.69, 9.17) is 11.6 Å². The van der Waals surface area contributed by atoms with E-state index >= 15 is 0 Å². The summed E-state index contributed by atoms with van der Waals surface area (Å²) in [4.78, 5) is 8.08. The Morgan fingerprint density at radius 1 is 1.47 bits per heavy atom. The molecular formula is C10H13BrClN3. The third-order valence-electron chi connectivity index (χ3n) is 2.93. The van der Waals surface area contributed by atoms with Crippen molar-refractivity contribution < 1.29 is 0 Å². The second kappa shape index (κ2) is 4.66. The molecule has 0 saturated heterocycles. The second-order valence-electron chi connectivity index (χ2n) is 3.99. The normalized spacial score (nSPS) is 25.5. The van der Waals surface area contributed by atoms with Gasteiger partial charge in [-0.05, 0) is 34.7 Å². The summed E-state index contributed by atoms with van der Waals surface area (Å²) in [6.07, 6.45) is 5.26. The van der Waals surface area contributed by atoms with Crippen LogP contribution in [0.5, 0.6) is 0 Å². The van der Waals surface area contributed by atoms with E-state index in [0.717, 1.165) is 10.3 Å². The topological polar surface area (TPSA) is 37.8 Å². The maximum absolute atomic E-state index is 5.90. The highest BCUT2D eigenvalue weighted by molar-refractivity contribution is 9.10. The smallest absolute Gasteiger partial charge is 0.148 e. The third kappa shape index (κ3) is 2.42. The first-order valence-electron chi connectivity index (χ1n) is 5.11. The van der Waals surface area contributed by atoms with Crippen molar-refractivity contribution in [2.45, 2.75) is 32.2 Å². The summed E-state index contributed by atoms with van der Waals surface area (Å²) in [5.41, 5.74) is 0. The Balaban J connectivity index is 2.13. The molecule has 1 fully saturated rings. The minimum atomic E-state index is 0.457. The molecule has 0 spiro atoms. The Labute approximate surface area is 103 Å². The maximum Gasteiger partial charge on any atom is 0.148 e. The first-order chi connectivity index (χ1) is 7.18. The van der Waals surface area contributed by atoms with E-state index in [1.54, 1.807) is 0 Å². The average Bonchev–Trinajstić information content (AvgIpc) is 2.60. The number of rotatable bonds is 2. The predicted octanol–water partition coefficient (Wildman–Crippen LogP) is 3.49. The van der Waals surface area contributed by atoms with Crippen molar-refractivity contribution in [1.29, 1.82) is 0 Å². The van der Waals surface area contributed by atoms with Gasteiger partial charge in [-0.3, -0.25) is 0 Å². The van der Waals surface area contributed by atoms with Gasteiger partial charge in [0, 0.05) is 6.04 Å². The lowest BCUT2D eigenvalue weighted by molar-refractivity contribution is 0.554. The molecule has 1 aromatic heterocycles. The van der Waals surface area contributed by atoms with Crippen LogP contribution in [0, 0.1) is 5.92 Å². The zero-order valence-electron chi connectivity index (χ0n) is 8.50. The Kier molecular flexibility index (Phi) is 3.46. The number of anilines is 1. The molecule has 1 aromatic rings. The summed E-state index contributed by atoms with van der Waals surface area (Å²) >= 11 is 9.29. The first-order valence-corrected chi connectivity index (χ1v) is 6.28. The lowest BCUT2D eigenvalue weighted by Crippen LogP contribution is -2.22. The lowest BCUT2D eigenvalue weighted by Gasteiger charge is -2.18. The molecule has 1 N–H and O–H groups in total. The number of halogens is 2. The highest BCUT2D eigenvalue weighted by atomic mass is 79.9. The van der Waals surface area contributed by atoms with Gasteiger partial charge in [0.1, 0.15) is 17.3 Å². The minimum absolute atomic E-state index is 0.457. The quantitative estimate of drug-likeness (QED) is 0.847. The van der Waals surface area contributed by atoms with Crippen molar-refractivity contribution in [2.24, 2.45) is 5.92 Å². The van der Waals surface area contributed by atoms with Crippen LogP contribution in [0.1, 0.15) is 26.2 Å². The molecule has 0 bridgehead atoms. The van der Waals surface area contributed by atoms with Crippen molar-refractivity contribution in [3.8, 4) is 0 Å². The van der Waals surface area contributed by atoms with Gasteiger partial charge in [0.05, 0.1) is 4.47 Å². The molecule has 82 valence electrons. The van der Waals surface area contributed by atoms with Gasteiger partial charge >= 0.3 is 0 Å². The summed E-state index contributed by atoms with van der Waals surface area (Å²) in [7, 11) is 0. The van der Waals surface area contributed by atoms with Crippen molar-refractivity contribution >= 4 is 33.3 Å². The Bertz CT molecular complexity index is 359. The lowest BCUT2D eigenvalue weighted by atomic mass is 10.1. The molecule has 0 aliphatic heterocycles. The van der Waals surface area contributed by atoms with Crippen molar-refractivity contribution in [3.05, 3.63) is 16.0 Å². The summed E-state index contributed by atoms with van der Waals surface area (Å²) < 4.78 is 0.755.